The van der Waals surface area contributed by atoms with Crippen molar-refractivity contribution in [3.63, 3.8) is 0 Å². The zero-order chi connectivity index (χ0) is 31.4. The van der Waals surface area contributed by atoms with Gasteiger partial charge in [-0.2, -0.15) is 0 Å². The first-order chi connectivity index (χ1) is 20.2. The van der Waals surface area contributed by atoms with Crippen LogP contribution in [-0.4, -0.2) is 36.3 Å². The van der Waals surface area contributed by atoms with Crippen LogP contribution in [0.25, 0.3) is 11.1 Å². The first-order valence-corrected chi connectivity index (χ1v) is 16.5. The second-order valence-electron chi connectivity index (χ2n) is 11.2. The number of thioether (sulfide) groups is 1. The van der Waals surface area contributed by atoms with Gasteiger partial charge in [0.2, 0.25) is 0 Å². The van der Waals surface area contributed by atoms with Crippen molar-refractivity contribution in [3.8, 4) is 11.1 Å². The summed E-state index contributed by atoms with van der Waals surface area (Å²) in [6.07, 6.45) is 0.263. The van der Waals surface area contributed by atoms with Gasteiger partial charge in [-0.15, -0.1) is 16.2 Å². The number of thiazole rings is 1. The normalized spacial score (nSPS) is 12.1. The fraction of sp³-hybridized carbons (Fsp3) is 0.290. The summed E-state index contributed by atoms with van der Waals surface area (Å²) in [5, 5.41) is 4.76. The zero-order valence-electron chi connectivity index (χ0n) is 24.4. The van der Waals surface area contributed by atoms with Gasteiger partial charge in [0.25, 0.3) is 10.0 Å². The molecule has 0 bridgehead atoms. The number of nitroso groups, excluding NO2 is 1. The first-order valence-electron chi connectivity index (χ1n) is 13.4. The summed E-state index contributed by atoms with van der Waals surface area (Å²) in [5.74, 6) is -0.706. The lowest BCUT2D eigenvalue weighted by Gasteiger charge is -2.27. The largest absolute Gasteiger partial charge is 0.459 e. The number of aromatic nitrogens is 1. The van der Waals surface area contributed by atoms with E-state index in [1.165, 1.54) is 57.7 Å². The molecule has 0 radical (unpaired) electrons. The van der Waals surface area contributed by atoms with Gasteiger partial charge in [0, 0.05) is 18.3 Å². The Hall–Kier alpha value is -3.61. The Labute approximate surface area is 259 Å². The maximum atomic E-state index is 13.9. The fourth-order valence-electron chi connectivity index (χ4n) is 4.05. The molecule has 4 rings (SSSR count). The molecule has 1 heterocycles. The SMILES string of the molecule is CC(C)(C)OC(=O)C(C)(C)Sc1nc(CCN(c2ccc(-c3ccc(F)cc3)cc2)S(=O)(=O)c2ccccc2N=O)cs1. The Morgan fingerprint density at radius 2 is 1.58 bits per heavy atom. The summed E-state index contributed by atoms with van der Waals surface area (Å²) in [7, 11) is -4.20. The smallest absolute Gasteiger partial charge is 0.322 e. The summed E-state index contributed by atoms with van der Waals surface area (Å²) in [6.45, 7) is 9.01. The van der Waals surface area contributed by atoms with E-state index in [2.05, 4.69) is 10.2 Å². The van der Waals surface area contributed by atoms with Gasteiger partial charge >= 0.3 is 5.97 Å². The molecule has 43 heavy (non-hydrogen) atoms. The van der Waals surface area contributed by atoms with Crippen LogP contribution in [0.15, 0.2) is 92.6 Å². The van der Waals surface area contributed by atoms with E-state index in [1.54, 1.807) is 56.3 Å². The molecule has 4 aromatic rings. The predicted molar refractivity (Wildman–Crippen MR) is 170 cm³/mol. The fourth-order valence-corrected chi connectivity index (χ4v) is 7.90. The van der Waals surface area contributed by atoms with Crippen molar-refractivity contribution < 1.29 is 22.3 Å². The zero-order valence-corrected chi connectivity index (χ0v) is 26.9. The van der Waals surface area contributed by atoms with Crippen LogP contribution in [0, 0.1) is 10.7 Å². The minimum atomic E-state index is -4.20. The van der Waals surface area contributed by atoms with Gasteiger partial charge in [-0.3, -0.25) is 9.10 Å². The van der Waals surface area contributed by atoms with Crippen molar-refractivity contribution in [2.75, 3.05) is 10.8 Å². The number of ether oxygens (including phenoxy) is 1. The Morgan fingerprint density at radius 1 is 0.977 bits per heavy atom. The highest BCUT2D eigenvalue weighted by Gasteiger charge is 2.35. The second-order valence-corrected chi connectivity index (χ2v) is 15.7. The molecule has 8 nitrogen and oxygen atoms in total. The Balaban J connectivity index is 1.60. The summed E-state index contributed by atoms with van der Waals surface area (Å²) >= 11 is 2.65. The van der Waals surface area contributed by atoms with E-state index in [1.807, 2.05) is 26.2 Å². The van der Waals surface area contributed by atoms with Crippen LogP contribution in [0.5, 0.6) is 0 Å². The van der Waals surface area contributed by atoms with Crippen molar-refractivity contribution in [3.05, 3.63) is 94.6 Å². The molecule has 0 unspecified atom stereocenters. The number of nitrogens with zero attached hydrogens (tertiary/aromatic N) is 3. The highest BCUT2D eigenvalue weighted by atomic mass is 32.2. The lowest BCUT2D eigenvalue weighted by Crippen LogP contribution is -2.36. The first kappa shape index (κ1) is 32.3. The number of carbonyl (C=O) groups is 1. The number of esters is 1. The highest BCUT2D eigenvalue weighted by molar-refractivity contribution is 8.03. The quantitative estimate of drug-likeness (QED) is 0.0928. The van der Waals surface area contributed by atoms with Gasteiger partial charge in [0.15, 0.2) is 4.34 Å². The van der Waals surface area contributed by atoms with Crippen molar-refractivity contribution in [2.24, 2.45) is 5.18 Å². The molecule has 3 aromatic carbocycles. The number of hydrogen-bond donors (Lipinski definition) is 0. The minimum absolute atomic E-state index is 0.0225. The second kappa shape index (κ2) is 12.9. The van der Waals surface area contributed by atoms with Crippen molar-refractivity contribution >= 4 is 50.5 Å². The number of hydrogen-bond acceptors (Lipinski definition) is 9. The Morgan fingerprint density at radius 3 is 2.19 bits per heavy atom. The maximum Gasteiger partial charge on any atom is 0.322 e. The number of sulfonamides is 1. The Kier molecular flexibility index (Phi) is 9.73. The number of halogens is 1. The molecule has 1 aromatic heterocycles. The van der Waals surface area contributed by atoms with Crippen LogP contribution in [-0.2, 0) is 26.0 Å². The van der Waals surface area contributed by atoms with E-state index in [0.29, 0.717) is 15.7 Å². The molecule has 0 amide bonds. The van der Waals surface area contributed by atoms with Crippen LogP contribution < -0.4 is 4.31 Å². The molecule has 0 N–H and O–H groups in total. The van der Waals surface area contributed by atoms with Gasteiger partial charge in [-0.1, -0.05) is 48.2 Å². The molecule has 226 valence electrons. The Bertz CT molecular complexity index is 1700. The van der Waals surface area contributed by atoms with E-state index in [4.69, 9.17) is 4.74 Å². The molecule has 0 atom stereocenters. The molecule has 0 aliphatic carbocycles. The number of anilines is 1. The molecular weight excluding hydrogens is 610 g/mol. The minimum Gasteiger partial charge on any atom is -0.459 e. The lowest BCUT2D eigenvalue weighted by atomic mass is 10.1. The topological polar surface area (TPSA) is 106 Å². The van der Waals surface area contributed by atoms with Gasteiger partial charge in [0.1, 0.15) is 26.7 Å². The van der Waals surface area contributed by atoms with E-state index in [0.717, 1.165) is 11.1 Å². The van der Waals surface area contributed by atoms with Crippen LogP contribution in [0.3, 0.4) is 0 Å². The molecule has 0 spiro atoms. The molecule has 0 saturated carbocycles. The highest BCUT2D eigenvalue weighted by Crippen LogP contribution is 2.37. The van der Waals surface area contributed by atoms with Crippen LogP contribution in [0.4, 0.5) is 15.8 Å². The van der Waals surface area contributed by atoms with E-state index in [-0.39, 0.29) is 35.3 Å². The number of rotatable bonds is 11. The molecular formula is C31H32FN3O5S3. The molecule has 0 aliphatic heterocycles. The third-order valence-corrected chi connectivity index (χ3v) is 10.2. The summed E-state index contributed by atoms with van der Waals surface area (Å²) in [6, 6.07) is 18.6. The standard InChI is InChI=1S/C31H32FN3O5S3/c1-30(2,3)40-28(36)31(4,5)42-29-33-24(20-41-29)18-19-35(43(38,39)27-9-7-6-8-26(27)34-37)25-16-12-22(13-17-25)21-10-14-23(32)15-11-21/h6-17,20H,18-19H2,1-5H3. The van der Waals surface area contributed by atoms with E-state index in [9.17, 15) is 22.5 Å². The molecule has 0 fully saturated rings. The average Bonchev–Trinajstić information content (AvgIpc) is 3.39. The van der Waals surface area contributed by atoms with Crippen LogP contribution in [0.1, 0.15) is 40.3 Å². The van der Waals surface area contributed by atoms with Gasteiger partial charge < -0.3 is 4.74 Å². The van der Waals surface area contributed by atoms with Crippen molar-refractivity contribution in [1.82, 2.24) is 4.98 Å². The molecule has 0 saturated heterocycles. The number of benzene rings is 3. The van der Waals surface area contributed by atoms with Crippen molar-refractivity contribution in [2.45, 2.75) is 60.6 Å². The van der Waals surface area contributed by atoms with E-state index >= 15 is 0 Å². The average molecular weight is 642 g/mol. The van der Waals surface area contributed by atoms with Crippen LogP contribution >= 0.6 is 23.1 Å². The molecule has 0 aliphatic rings. The third kappa shape index (κ3) is 8.07. The predicted octanol–water partition coefficient (Wildman–Crippen LogP) is 8.00. The molecule has 12 heteroatoms. The summed E-state index contributed by atoms with van der Waals surface area (Å²) in [5.41, 5.74) is 1.78. The lowest BCUT2D eigenvalue weighted by molar-refractivity contribution is -0.156. The third-order valence-electron chi connectivity index (χ3n) is 6.20. The van der Waals surface area contributed by atoms with Crippen LogP contribution in [0.2, 0.25) is 0 Å². The summed E-state index contributed by atoms with van der Waals surface area (Å²) in [4.78, 5) is 28.6. The van der Waals surface area contributed by atoms with Gasteiger partial charge in [-0.05, 0) is 87.3 Å². The maximum absolute atomic E-state index is 13.9. The van der Waals surface area contributed by atoms with Gasteiger partial charge in [-0.25, -0.2) is 17.8 Å². The monoisotopic (exact) mass is 641 g/mol. The van der Waals surface area contributed by atoms with Crippen molar-refractivity contribution in [1.29, 1.82) is 0 Å². The number of carbonyl (C=O) groups excluding carboxylic acids is 1. The van der Waals surface area contributed by atoms with E-state index < -0.39 is 20.4 Å². The summed E-state index contributed by atoms with van der Waals surface area (Å²) < 4.78 is 47.8. The van der Waals surface area contributed by atoms with Gasteiger partial charge in [0.05, 0.1) is 11.4 Å².